The quantitative estimate of drug-likeness (QED) is 0.0967. The number of unbranched alkanes of at least 4 members (excludes halogenated alkanes) is 6. The van der Waals surface area contributed by atoms with Gasteiger partial charge in [-0.1, -0.05) is 47.3 Å². The second kappa shape index (κ2) is 24.4. The van der Waals surface area contributed by atoms with Gasteiger partial charge in [-0.2, -0.15) is 0 Å². The SMILES string of the molecule is c1ccn(CCNCCCCCCNCCSSCCNCCCCCCNCCn2cccc2)c1. The Hall–Kier alpha value is -0.900. The molecule has 0 spiro atoms. The largest absolute Gasteiger partial charge is 0.353 e. The van der Waals surface area contributed by atoms with Crippen molar-refractivity contribution in [2.24, 2.45) is 0 Å². The van der Waals surface area contributed by atoms with Gasteiger partial charge in [-0.25, -0.2) is 0 Å². The van der Waals surface area contributed by atoms with Crippen LogP contribution in [-0.2, 0) is 13.1 Å². The first-order valence-corrected chi connectivity index (χ1v) is 16.7. The lowest BCUT2D eigenvalue weighted by atomic mass is 10.2. The molecule has 2 heterocycles. The molecule has 206 valence electrons. The average Bonchev–Trinajstić information content (AvgIpc) is 3.61. The van der Waals surface area contributed by atoms with E-state index in [0.717, 1.165) is 65.4 Å². The first kappa shape index (κ1) is 31.3. The van der Waals surface area contributed by atoms with Crippen LogP contribution in [0.5, 0.6) is 0 Å². The molecule has 0 saturated heterocycles. The van der Waals surface area contributed by atoms with Crippen molar-refractivity contribution in [3.05, 3.63) is 49.1 Å². The smallest absolute Gasteiger partial charge is 0.0344 e. The van der Waals surface area contributed by atoms with Crippen LogP contribution in [0, 0.1) is 0 Å². The maximum atomic E-state index is 3.59. The standard InChI is InChI=1S/C28H52N6S2/c1(5-13-29-17-25-33-21-9-10-22-33)3-7-15-31-19-27-35-36-28-20-32-16-8-4-2-6-14-30-18-26-34-23-11-12-24-34/h9-12,21-24,29-32H,1-8,13-20,25-28H2. The predicted octanol–water partition coefficient (Wildman–Crippen LogP) is 4.85. The van der Waals surface area contributed by atoms with Crippen LogP contribution in [0.2, 0.25) is 0 Å². The lowest BCUT2D eigenvalue weighted by Crippen LogP contribution is -2.21. The van der Waals surface area contributed by atoms with Crippen LogP contribution in [0.4, 0.5) is 0 Å². The highest BCUT2D eigenvalue weighted by Crippen LogP contribution is 2.19. The first-order chi connectivity index (χ1) is 17.9. The fourth-order valence-corrected chi connectivity index (χ4v) is 5.91. The van der Waals surface area contributed by atoms with Crippen molar-refractivity contribution in [2.75, 3.05) is 63.9 Å². The van der Waals surface area contributed by atoms with Crippen molar-refractivity contribution in [2.45, 2.75) is 64.5 Å². The molecule has 2 aromatic heterocycles. The highest BCUT2D eigenvalue weighted by atomic mass is 33.1. The molecule has 0 aliphatic heterocycles. The fraction of sp³-hybridized carbons (Fsp3) is 0.714. The Bertz CT molecular complexity index is 607. The topological polar surface area (TPSA) is 58.0 Å². The van der Waals surface area contributed by atoms with Crippen LogP contribution in [0.25, 0.3) is 0 Å². The van der Waals surface area contributed by atoms with Gasteiger partial charge in [0.2, 0.25) is 0 Å². The fourth-order valence-electron chi connectivity index (χ4n) is 4.01. The van der Waals surface area contributed by atoms with Gasteiger partial charge in [0, 0.05) is 75.6 Å². The monoisotopic (exact) mass is 536 g/mol. The number of nitrogens with one attached hydrogen (secondary N) is 4. The van der Waals surface area contributed by atoms with Gasteiger partial charge in [-0.3, -0.25) is 0 Å². The minimum Gasteiger partial charge on any atom is -0.353 e. The molecule has 4 N–H and O–H groups in total. The molecule has 36 heavy (non-hydrogen) atoms. The molecule has 2 rings (SSSR count). The van der Waals surface area contributed by atoms with Crippen LogP contribution >= 0.6 is 21.6 Å². The van der Waals surface area contributed by atoms with Crippen LogP contribution in [0.3, 0.4) is 0 Å². The zero-order valence-electron chi connectivity index (χ0n) is 22.5. The second-order valence-electron chi connectivity index (χ2n) is 9.31. The van der Waals surface area contributed by atoms with Gasteiger partial charge in [-0.15, -0.1) is 0 Å². The summed E-state index contributed by atoms with van der Waals surface area (Å²) >= 11 is 0. The van der Waals surface area contributed by atoms with Gasteiger partial charge in [0.1, 0.15) is 0 Å². The molecule has 0 aliphatic rings. The van der Waals surface area contributed by atoms with E-state index in [1.165, 1.54) is 62.9 Å². The Kier molecular flexibility index (Phi) is 21.3. The molecule has 0 amide bonds. The average molecular weight is 537 g/mol. The molecule has 0 fully saturated rings. The maximum Gasteiger partial charge on any atom is 0.0344 e. The van der Waals surface area contributed by atoms with Crippen molar-refractivity contribution in [1.82, 2.24) is 30.4 Å². The van der Waals surface area contributed by atoms with Crippen molar-refractivity contribution >= 4 is 21.6 Å². The summed E-state index contributed by atoms with van der Waals surface area (Å²) in [5, 5.41) is 14.3. The zero-order chi connectivity index (χ0) is 25.2. The maximum absolute atomic E-state index is 3.59. The van der Waals surface area contributed by atoms with E-state index < -0.39 is 0 Å². The van der Waals surface area contributed by atoms with E-state index in [2.05, 4.69) is 79.5 Å². The van der Waals surface area contributed by atoms with Gasteiger partial charge >= 0.3 is 0 Å². The molecule has 0 atom stereocenters. The van der Waals surface area contributed by atoms with Crippen LogP contribution in [0.1, 0.15) is 51.4 Å². The van der Waals surface area contributed by atoms with Crippen LogP contribution in [-0.4, -0.2) is 73.0 Å². The predicted molar refractivity (Wildman–Crippen MR) is 162 cm³/mol. The Morgan fingerprint density at radius 2 is 0.722 bits per heavy atom. The summed E-state index contributed by atoms with van der Waals surface area (Å²) in [6.07, 6.45) is 19.0. The summed E-state index contributed by atoms with van der Waals surface area (Å²) in [6.45, 7) is 11.1. The summed E-state index contributed by atoms with van der Waals surface area (Å²) in [5.41, 5.74) is 0. The van der Waals surface area contributed by atoms with Gasteiger partial charge < -0.3 is 30.4 Å². The molecule has 8 heteroatoms. The van der Waals surface area contributed by atoms with Gasteiger partial charge in [0.25, 0.3) is 0 Å². The van der Waals surface area contributed by atoms with E-state index in [1.807, 2.05) is 21.6 Å². The van der Waals surface area contributed by atoms with E-state index in [0.29, 0.717) is 0 Å². The van der Waals surface area contributed by atoms with Gasteiger partial charge in [-0.05, 0) is 76.1 Å². The normalized spacial score (nSPS) is 11.4. The minimum absolute atomic E-state index is 1.07. The lowest BCUT2D eigenvalue weighted by molar-refractivity contribution is 0.549. The summed E-state index contributed by atoms with van der Waals surface area (Å²) in [6, 6.07) is 8.34. The third-order valence-electron chi connectivity index (χ3n) is 6.15. The number of aromatic nitrogens is 2. The van der Waals surface area contributed by atoms with Crippen molar-refractivity contribution in [3.63, 3.8) is 0 Å². The minimum atomic E-state index is 1.07. The highest BCUT2D eigenvalue weighted by Gasteiger charge is 1.96. The van der Waals surface area contributed by atoms with E-state index >= 15 is 0 Å². The van der Waals surface area contributed by atoms with Gasteiger partial charge in [0.05, 0.1) is 0 Å². The number of rotatable bonds is 27. The molecule has 6 nitrogen and oxygen atoms in total. The first-order valence-electron chi connectivity index (χ1n) is 14.2. The van der Waals surface area contributed by atoms with Crippen molar-refractivity contribution in [3.8, 4) is 0 Å². The molecule has 0 aromatic carbocycles. The summed E-state index contributed by atoms with van der Waals surface area (Å²) in [5.74, 6) is 2.41. The molecule has 0 bridgehead atoms. The van der Waals surface area contributed by atoms with Crippen LogP contribution in [0.15, 0.2) is 49.1 Å². The Labute approximate surface area is 228 Å². The van der Waals surface area contributed by atoms with Crippen molar-refractivity contribution < 1.29 is 0 Å². The Balaban J connectivity index is 1.15. The number of nitrogens with zero attached hydrogens (tertiary/aromatic N) is 2. The van der Waals surface area contributed by atoms with E-state index in [4.69, 9.17) is 0 Å². The third kappa shape index (κ3) is 19.2. The summed E-state index contributed by atoms with van der Waals surface area (Å²) in [7, 11) is 4.02. The molecule has 2 aromatic rings. The van der Waals surface area contributed by atoms with Crippen LogP contribution < -0.4 is 21.3 Å². The third-order valence-corrected chi connectivity index (χ3v) is 8.56. The van der Waals surface area contributed by atoms with E-state index in [-0.39, 0.29) is 0 Å². The molecule has 0 radical (unpaired) electrons. The molecule has 0 saturated carbocycles. The lowest BCUT2D eigenvalue weighted by Gasteiger charge is -2.07. The summed E-state index contributed by atoms with van der Waals surface area (Å²) < 4.78 is 4.45. The molecular formula is C28H52N6S2. The summed E-state index contributed by atoms with van der Waals surface area (Å²) in [4.78, 5) is 0. The Morgan fingerprint density at radius 1 is 0.389 bits per heavy atom. The number of hydrogen-bond donors (Lipinski definition) is 4. The second-order valence-corrected chi connectivity index (χ2v) is 12.0. The van der Waals surface area contributed by atoms with Crippen molar-refractivity contribution in [1.29, 1.82) is 0 Å². The van der Waals surface area contributed by atoms with E-state index in [9.17, 15) is 0 Å². The zero-order valence-corrected chi connectivity index (χ0v) is 24.1. The molecular weight excluding hydrogens is 484 g/mol. The molecule has 0 unspecified atom stereocenters. The highest BCUT2D eigenvalue weighted by molar-refractivity contribution is 8.76. The Morgan fingerprint density at radius 3 is 1.08 bits per heavy atom. The van der Waals surface area contributed by atoms with E-state index in [1.54, 1.807) is 0 Å². The number of hydrogen-bond acceptors (Lipinski definition) is 6. The molecule has 0 aliphatic carbocycles. The van der Waals surface area contributed by atoms with Gasteiger partial charge in [0.15, 0.2) is 0 Å².